The summed E-state index contributed by atoms with van der Waals surface area (Å²) in [6.45, 7) is 2.65. The summed E-state index contributed by atoms with van der Waals surface area (Å²) >= 11 is 0. The standard InChI is InChI=1S/C14H21F2N3O2/c1-4-17-14(18-5-2)19-9-10-8-11(20-3)6-7-12(10)21-13(15)16/h6-8,13H,4-5,9H2,1-3H3,(H2,17,18,19). The van der Waals surface area contributed by atoms with E-state index in [0.717, 1.165) is 0 Å². The number of rotatable bonds is 7. The summed E-state index contributed by atoms with van der Waals surface area (Å²) in [5, 5.41) is 6.12. The normalized spacial score (nSPS) is 10.2. The Labute approximate surface area is 123 Å². The first-order valence-corrected chi connectivity index (χ1v) is 6.74. The van der Waals surface area contributed by atoms with Gasteiger partial charge in [0.15, 0.2) is 5.96 Å². The maximum atomic E-state index is 12.4. The fourth-order valence-electron chi connectivity index (χ4n) is 1.69. The lowest BCUT2D eigenvalue weighted by molar-refractivity contribution is -0.0504. The molecule has 7 heteroatoms. The minimum Gasteiger partial charge on any atom is -0.497 e. The minimum atomic E-state index is -2.87. The Kier molecular flexibility index (Phi) is 7.28. The highest BCUT2D eigenvalue weighted by Crippen LogP contribution is 2.26. The number of hydrogen-bond acceptors (Lipinski definition) is 3. The molecule has 0 fully saturated rings. The molecule has 1 aromatic rings. The van der Waals surface area contributed by atoms with Crippen LogP contribution in [0.25, 0.3) is 0 Å². The molecule has 0 spiro atoms. The first kappa shape index (κ1) is 17.0. The Hall–Kier alpha value is -2.05. The summed E-state index contributed by atoms with van der Waals surface area (Å²) in [5.74, 6) is 1.28. The van der Waals surface area contributed by atoms with Crippen LogP contribution in [0.1, 0.15) is 19.4 Å². The van der Waals surface area contributed by atoms with E-state index in [1.165, 1.54) is 13.2 Å². The number of aliphatic imine (C=N–C) groups is 1. The summed E-state index contributed by atoms with van der Waals surface area (Å²) in [7, 11) is 1.51. The van der Waals surface area contributed by atoms with E-state index in [9.17, 15) is 8.78 Å². The number of methoxy groups -OCH3 is 1. The third-order valence-corrected chi connectivity index (χ3v) is 2.58. The van der Waals surface area contributed by atoms with E-state index < -0.39 is 6.61 Å². The Morgan fingerprint density at radius 2 is 1.90 bits per heavy atom. The molecule has 1 rings (SSSR count). The Bertz CT molecular complexity index is 460. The van der Waals surface area contributed by atoms with Crippen molar-refractivity contribution in [2.24, 2.45) is 4.99 Å². The van der Waals surface area contributed by atoms with Gasteiger partial charge in [0, 0.05) is 18.7 Å². The molecule has 0 aliphatic carbocycles. The van der Waals surface area contributed by atoms with Gasteiger partial charge in [-0.05, 0) is 32.0 Å². The largest absolute Gasteiger partial charge is 0.497 e. The fourth-order valence-corrected chi connectivity index (χ4v) is 1.69. The molecule has 0 radical (unpaired) electrons. The Morgan fingerprint density at radius 1 is 1.24 bits per heavy atom. The van der Waals surface area contributed by atoms with E-state index >= 15 is 0 Å². The van der Waals surface area contributed by atoms with Gasteiger partial charge in [-0.25, -0.2) is 4.99 Å². The van der Waals surface area contributed by atoms with E-state index in [0.29, 0.717) is 30.4 Å². The van der Waals surface area contributed by atoms with Crippen molar-refractivity contribution in [3.05, 3.63) is 23.8 Å². The van der Waals surface area contributed by atoms with Crippen LogP contribution in [0.5, 0.6) is 11.5 Å². The second-order valence-corrected chi connectivity index (χ2v) is 4.08. The van der Waals surface area contributed by atoms with Crippen molar-refractivity contribution in [2.45, 2.75) is 27.0 Å². The zero-order valence-corrected chi connectivity index (χ0v) is 12.5. The third-order valence-electron chi connectivity index (χ3n) is 2.58. The van der Waals surface area contributed by atoms with Gasteiger partial charge in [0.25, 0.3) is 0 Å². The SMILES string of the molecule is CCNC(=NCc1cc(OC)ccc1OC(F)F)NCC. The van der Waals surface area contributed by atoms with Crippen LogP contribution in [0.15, 0.2) is 23.2 Å². The summed E-state index contributed by atoms with van der Waals surface area (Å²) in [6.07, 6.45) is 0. The molecule has 1 aromatic carbocycles. The van der Waals surface area contributed by atoms with Crippen LogP contribution < -0.4 is 20.1 Å². The van der Waals surface area contributed by atoms with Gasteiger partial charge in [0.05, 0.1) is 13.7 Å². The van der Waals surface area contributed by atoms with Crippen LogP contribution in [0.2, 0.25) is 0 Å². The molecule has 118 valence electrons. The molecule has 0 aliphatic rings. The maximum absolute atomic E-state index is 12.4. The van der Waals surface area contributed by atoms with Gasteiger partial charge in [0.2, 0.25) is 0 Å². The minimum absolute atomic E-state index is 0.0990. The summed E-state index contributed by atoms with van der Waals surface area (Å²) in [4.78, 5) is 4.33. The molecule has 0 atom stereocenters. The predicted molar refractivity (Wildman–Crippen MR) is 78.1 cm³/mol. The van der Waals surface area contributed by atoms with Gasteiger partial charge in [0.1, 0.15) is 11.5 Å². The van der Waals surface area contributed by atoms with Gasteiger partial charge in [-0.3, -0.25) is 0 Å². The number of alkyl halides is 2. The highest BCUT2D eigenvalue weighted by molar-refractivity contribution is 5.79. The van der Waals surface area contributed by atoms with E-state index in [4.69, 9.17) is 4.74 Å². The monoisotopic (exact) mass is 301 g/mol. The Morgan fingerprint density at radius 3 is 2.43 bits per heavy atom. The molecule has 5 nitrogen and oxygen atoms in total. The van der Waals surface area contributed by atoms with Gasteiger partial charge >= 0.3 is 6.61 Å². The molecular formula is C14H21F2N3O2. The quantitative estimate of drug-likeness (QED) is 0.600. The van der Waals surface area contributed by atoms with Crippen molar-refractivity contribution in [1.82, 2.24) is 10.6 Å². The van der Waals surface area contributed by atoms with Crippen LogP contribution in [0, 0.1) is 0 Å². The number of nitrogens with zero attached hydrogens (tertiary/aromatic N) is 1. The lowest BCUT2D eigenvalue weighted by Gasteiger charge is -2.12. The number of halogens is 2. The van der Waals surface area contributed by atoms with Crippen LogP contribution in [0.4, 0.5) is 8.78 Å². The molecular weight excluding hydrogens is 280 g/mol. The zero-order valence-electron chi connectivity index (χ0n) is 12.5. The highest BCUT2D eigenvalue weighted by Gasteiger charge is 2.11. The van der Waals surface area contributed by atoms with Gasteiger partial charge < -0.3 is 20.1 Å². The fraction of sp³-hybridized carbons (Fsp3) is 0.500. The molecule has 0 amide bonds. The molecule has 0 heterocycles. The lowest BCUT2D eigenvalue weighted by atomic mass is 10.2. The second kappa shape index (κ2) is 8.99. The lowest BCUT2D eigenvalue weighted by Crippen LogP contribution is -2.37. The van der Waals surface area contributed by atoms with Crippen LogP contribution in [-0.4, -0.2) is 32.8 Å². The maximum Gasteiger partial charge on any atom is 0.387 e. The summed E-state index contributed by atoms with van der Waals surface area (Å²) in [6, 6.07) is 4.66. The van der Waals surface area contributed by atoms with Crippen molar-refractivity contribution < 1.29 is 18.3 Å². The molecule has 0 saturated heterocycles. The van der Waals surface area contributed by atoms with Crippen LogP contribution >= 0.6 is 0 Å². The van der Waals surface area contributed by atoms with Crippen LogP contribution in [-0.2, 0) is 6.54 Å². The highest BCUT2D eigenvalue weighted by atomic mass is 19.3. The van der Waals surface area contributed by atoms with Gasteiger partial charge in [-0.2, -0.15) is 8.78 Å². The first-order valence-electron chi connectivity index (χ1n) is 6.74. The van der Waals surface area contributed by atoms with Crippen molar-refractivity contribution >= 4 is 5.96 Å². The molecule has 0 saturated carbocycles. The number of benzene rings is 1. The molecule has 21 heavy (non-hydrogen) atoms. The molecule has 0 bridgehead atoms. The third kappa shape index (κ3) is 5.85. The molecule has 2 N–H and O–H groups in total. The Balaban J connectivity index is 2.94. The number of hydrogen-bond donors (Lipinski definition) is 2. The van der Waals surface area contributed by atoms with E-state index in [1.807, 2.05) is 13.8 Å². The second-order valence-electron chi connectivity index (χ2n) is 4.08. The van der Waals surface area contributed by atoms with Crippen molar-refractivity contribution in [2.75, 3.05) is 20.2 Å². The number of nitrogens with one attached hydrogen (secondary N) is 2. The van der Waals surface area contributed by atoms with Crippen molar-refractivity contribution in [3.8, 4) is 11.5 Å². The first-order chi connectivity index (χ1) is 10.1. The average molecular weight is 301 g/mol. The zero-order chi connectivity index (χ0) is 15.7. The number of ether oxygens (including phenoxy) is 2. The summed E-state index contributed by atoms with van der Waals surface area (Å²) in [5.41, 5.74) is 0.531. The van der Waals surface area contributed by atoms with E-state index in [-0.39, 0.29) is 12.3 Å². The van der Waals surface area contributed by atoms with Gasteiger partial charge in [-0.1, -0.05) is 0 Å². The van der Waals surface area contributed by atoms with E-state index in [1.54, 1.807) is 12.1 Å². The smallest absolute Gasteiger partial charge is 0.387 e. The van der Waals surface area contributed by atoms with Crippen LogP contribution in [0.3, 0.4) is 0 Å². The molecule has 0 unspecified atom stereocenters. The van der Waals surface area contributed by atoms with Crippen molar-refractivity contribution in [3.63, 3.8) is 0 Å². The van der Waals surface area contributed by atoms with Crippen molar-refractivity contribution in [1.29, 1.82) is 0 Å². The topological polar surface area (TPSA) is 54.9 Å². The number of guanidine groups is 1. The van der Waals surface area contributed by atoms with E-state index in [2.05, 4.69) is 20.4 Å². The predicted octanol–water partition coefficient (Wildman–Crippen LogP) is 2.37. The summed E-state index contributed by atoms with van der Waals surface area (Å²) < 4.78 is 34.4. The molecule has 0 aliphatic heterocycles. The molecule has 0 aromatic heterocycles. The van der Waals surface area contributed by atoms with Gasteiger partial charge in [-0.15, -0.1) is 0 Å². The average Bonchev–Trinajstić information content (AvgIpc) is 2.46.